The van der Waals surface area contributed by atoms with Crippen molar-refractivity contribution in [1.29, 1.82) is 0 Å². The van der Waals surface area contributed by atoms with Gasteiger partial charge in [0, 0.05) is 0 Å². The Labute approximate surface area is 218 Å². The van der Waals surface area contributed by atoms with E-state index in [4.69, 9.17) is 0 Å². The molecular weight excluding hydrogens is 404 g/mol. The fraction of sp³-hybridized carbons (Fsp3) is 0. The van der Waals surface area contributed by atoms with Crippen molar-refractivity contribution in [2.24, 2.45) is 0 Å². The van der Waals surface area contributed by atoms with Gasteiger partial charge in [0.1, 0.15) is 0 Å². The molecule has 92 valence electrons. The average molecular weight is 414 g/mol. The van der Waals surface area contributed by atoms with Crippen LogP contribution in [0.1, 0.15) is 20.7 Å². The van der Waals surface area contributed by atoms with Gasteiger partial charge in [-0.15, -0.1) is 0 Å². The second-order valence-electron chi connectivity index (χ2n) is 3.31. The number of carboxylic acid groups (broad SMARTS) is 2. The molecule has 0 radical (unpaired) electrons. The summed E-state index contributed by atoms with van der Waals surface area (Å²) in [6.45, 7) is 0. The third kappa shape index (κ3) is 9.91. The number of carbonyl (C=O) groups excluding carboxylic acids is 2. The van der Waals surface area contributed by atoms with E-state index in [2.05, 4.69) is 0 Å². The number of rotatable bonds is 2. The topological polar surface area (TPSA) is 80.3 Å². The van der Waals surface area contributed by atoms with Crippen LogP contribution in [0.4, 0.5) is 0 Å². The molecule has 0 heterocycles. The molecule has 0 aromatic heterocycles. The van der Waals surface area contributed by atoms with Gasteiger partial charge in [-0.3, -0.25) is 0 Å². The number of hydrogen-bond donors (Lipinski definition) is 0. The van der Waals surface area contributed by atoms with Crippen LogP contribution in [0.5, 0.6) is 0 Å². The molecule has 0 spiro atoms. The molecule has 0 aliphatic heterocycles. The van der Waals surface area contributed by atoms with Gasteiger partial charge in [-0.2, -0.15) is 0 Å². The Kier molecular flexibility index (Phi) is 16.0. The zero-order valence-corrected chi connectivity index (χ0v) is 20.8. The molecule has 20 heavy (non-hydrogen) atoms. The van der Waals surface area contributed by atoms with E-state index in [0.717, 1.165) is 0 Å². The SMILES string of the molecule is O=C([O-])c1ccccc1.O=C([O-])c1ccccc1.[Cs+].[K+]. The Balaban J connectivity index is 0. The molecule has 6 heteroatoms. The Morgan fingerprint density at radius 3 is 1.05 bits per heavy atom. The molecule has 0 N–H and O–H groups in total. The summed E-state index contributed by atoms with van der Waals surface area (Å²) in [4.78, 5) is 20.2. The smallest absolute Gasteiger partial charge is 0.545 e. The van der Waals surface area contributed by atoms with Gasteiger partial charge in [-0.05, 0) is 11.1 Å². The van der Waals surface area contributed by atoms with Crippen molar-refractivity contribution in [1.82, 2.24) is 0 Å². The standard InChI is InChI=1S/2C7H6O2.Cs.K/c2*8-7(9)6-4-2-1-3-5-6;;/h2*1-5H,(H,8,9);;/q;;2*+1/p-2. The molecule has 0 saturated carbocycles. The third-order valence-electron chi connectivity index (χ3n) is 2.02. The fourth-order valence-electron chi connectivity index (χ4n) is 1.15. The quantitative estimate of drug-likeness (QED) is 0.459. The van der Waals surface area contributed by atoms with E-state index < -0.39 is 11.9 Å². The fourth-order valence-corrected chi connectivity index (χ4v) is 1.15. The van der Waals surface area contributed by atoms with Gasteiger partial charge in [0.2, 0.25) is 0 Å². The maximum atomic E-state index is 10.1. The Morgan fingerprint density at radius 1 is 0.650 bits per heavy atom. The van der Waals surface area contributed by atoms with E-state index in [1.807, 2.05) is 0 Å². The predicted molar refractivity (Wildman–Crippen MR) is 61.5 cm³/mol. The van der Waals surface area contributed by atoms with Crippen LogP contribution >= 0.6 is 0 Å². The van der Waals surface area contributed by atoms with E-state index in [0.29, 0.717) is 0 Å². The van der Waals surface area contributed by atoms with Crippen LogP contribution in [0.25, 0.3) is 0 Å². The van der Waals surface area contributed by atoms with Gasteiger partial charge in [0.25, 0.3) is 0 Å². The van der Waals surface area contributed by atoms with Crippen molar-refractivity contribution in [3.05, 3.63) is 71.8 Å². The minimum Gasteiger partial charge on any atom is -0.545 e. The molecule has 0 bridgehead atoms. The van der Waals surface area contributed by atoms with Crippen LogP contribution in [0.3, 0.4) is 0 Å². The molecule has 4 nitrogen and oxygen atoms in total. The molecule has 0 aliphatic carbocycles. The van der Waals surface area contributed by atoms with Gasteiger partial charge in [0.15, 0.2) is 0 Å². The molecule has 2 rings (SSSR count). The van der Waals surface area contributed by atoms with E-state index in [1.165, 1.54) is 24.3 Å². The predicted octanol–water partition coefficient (Wildman–Crippen LogP) is -5.89. The zero-order chi connectivity index (χ0) is 13.4. The third-order valence-corrected chi connectivity index (χ3v) is 2.02. The zero-order valence-electron chi connectivity index (χ0n) is 11.4. The van der Waals surface area contributed by atoms with Gasteiger partial charge >= 0.3 is 120 Å². The molecule has 0 unspecified atom stereocenters. The van der Waals surface area contributed by atoms with Crippen molar-refractivity contribution < 1.29 is 140 Å². The summed E-state index contributed by atoms with van der Waals surface area (Å²) in [6, 6.07) is 16.1. The molecule has 0 atom stereocenters. The molecule has 0 saturated heterocycles. The van der Waals surface area contributed by atoms with Crippen molar-refractivity contribution in [3.63, 3.8) is 0 Å². The average Bonchev–Trinajstić information content (AvgIpc) is 2.41. The first-order valence-corrected chi connectivity index (χ1v) is 5.14. The Bertz CT molecular complexity index is 468. The monoisotopic (exact) mass is 414 g/mol. The van der Waals surface area contributed by atoms with E-state index in [9.17, 15) is 19.8 Å². The van der Waals surface area contributed by atoms with Crippen LogP contribution in [0.15, 0.2) is 60.7 Å². The first kappa shape index (κ1) is 23.3. The maximum Gasteiger partial charge on any atom is 1.00 e. The first-order chi connectivity index (χ1) is 8.61. The number of carbonyl (C=O) groups is 2. The Morgan fingerprint density at radius 2 is 0.900 bits per heavy atom. The summed E-state index contributed by atoms with van der Waals surface area (Å²) in [5, 5.41) is 20.2. The Hall–Kier alpha value is 1.07. The van der Waals surface area contributed by atoms with E-state index in [-0.39, 0.29) is 131 Å². The number of benzene rings is 2. The second-order valence-corrected chi connectivity index (χ2v) is 3.31. The molecule has 0 amide bonds. The molecule has 2 aromatic rings. The summed E-state index contributed by atoms with van der Waals surface area (Å²) < 4.78 is 0. The normalized spacial score (nSPS) is 8.00. The van der Waals surface area contributed by atoms with Gasteiger partial charge in [-0.1, -0.05) is 60.7 Å². The summed E-state index contributed by atoms with van der Waals surface area (Å²) in [6.07, 6.45) is 0. The summed E-state index contributed by atoms with van der Waals surface area (Å²) in [7, 11) is 0. The molecule has 0 fully saturated rings. The van der Waals surface area contributed by atoms with Crippen molar-refractivity contribution >= 4 is 11.9 Å². The molecule has 0 aliphatic rings. The molecular formula is C14H10CsKO4. The second kappa shape index (κ2) is 13.7. The maximum absolute atomic E-state index is 10.1. The van der Waals surface area contributed by atoms with Crippen LogP contribution in [0.2, 0.25) is 0 Å². The number of hydrogen-bond acceptors (Lipinski definition) is 4. The summed E-state index contributed by atoms with van der Waals surface area (Å²) in [5.74, 6) is -2.26. The number of aromatic carboxylic acids is 2. The van der Waals surface area contributed by atoms with Gasteiger partial charge in [0.05, 0.1) is 11.9 Å². The first-order valence-electron chi connectivity index (χ1n) is 5.14. The van der Waals surface area contributed by atoms with Crippen LogP contribution < -0.4 is 130 Å². The van der Waals surface area contributed by atoms with Crippen molar-refractivity contribution in [2.75, 3.05) is 0 Å². The summed E-state index contributed by atoms with van der Waals surface area (Å²) in [5.41, 5.74) is 0.440. The van der Waals surface area contributed by atoms with Crippen molar-refractivity contribution in [2.45, 2.75) is 0 Å². The van der Waals surface area contributed by atoms with Crippen LogP contribution in [-0.2, 0) is 0 Å². The largest absolute Gasteiger partial charge is 1.00 e. The van der Waals surface area contributed by atoms with Gasteiger partial charge in [-0.25, -0.2) is 0 Å². The minimum atomic E-state index is -1.13. The summed E-state index contributed by atoms with van der Waals surface area (Å²) >= 11 is 0. The van der Waals surface area contributed by atoms with Crippen LogP contribution in [0, 0.1) is 0 Å². The minimum absolute atomic E-state index is 0. The van der Waals surface area contributed by atoms with E-state index in [1.54, 1.807) is 36.4 Å². The number of carboxylic acids is 2. The van der Waals surface area contributed by atoms with Crippen molar-refractivity contribution in [3.8, 4) is 0 Å². The van der Waals surface area contributed by atoms with Gasteiger partial charge < -0.3 is 19.8 Å². The van der Waals surface area contributed by atoms with Crippen LogP contribution in [-0.4, -0.2) is 11.9 Å². The molecule has 2 aromatic carbocycles. The van der Waals surface area contributed by atoms with E-state index >= 15 is 0 Å².